The number of rotatable bonds is 7. The van der Waals surface area contributed by atoms with Gasteiger partial charge in [-0.15, -0.1) is 0 Å². The smallest absolute Gasteiger partial charge is 0.224 e. The van der Waals surface area contributed by atoms with Crippen LogP contribution in [0.1, 0.15) is 31.2 Å². The number of sulfone groups is 1. The zero-order valence-electron chi connectivity index (χ0n) is 13.9. The Morgan fingerprint density at radius 3 is 2.54 bits per heavy atom. The van der Waals surface area contributed by atoms with E-state index in [4.69, 9.17) is 5.73 Å². The number of amides is 1. The zero-order valence-corrected chi connectivity index (χ0v) is 14.7. The Labute approximate surface area is 143 Å². The molecule has 2 fully saturated rings. The van der Waals surface area contributed by atoms with Crippen molar-refractivity contribution in [2.24, 2.45) is 23.5 Å². The third-order valence-electron chi connectivity index (χ3n) is 5.44. The van der Waals surface area contributed by atoms with Crippen molar-refractivity contribution in [1.29, 1.82) is 0 Å². The molecule has 2 saturated carbocycles. The summed E-state index contributed by atoms with van der Waals surface area (Å²) >= 11 is 0. The van der Waals surface area contributed by atoms with Crippen LogP contribution in [0, 0.1) is 17.8 Å². The zero-order chi connectivity index (χ0) is 17.2. The summed E-state index contributed by atoms with van der Waals surface area (Å²) in [5.74, 6) is 0.993. The van der Waals surface area contributed by atoms with Crippen molar-refractivity contribution in [3.8, 4) is 0 Å². The molecule has 0 radical (unpaired) electrons. The molecule has 0 spiro atoms. The molecule has 3 rings (SSSR count). The van der Waals surface area contributed by atoms with Crippen LogP contribution >= 0.6 is 0 Å². The number of fused-ring (bicyclic) bond motifs is 2. The Kier molecular flexibility index (Phi) is 5.25. The number of carbonyl (C=O) groups is 1. The minimum atomic E-state index is -3.15. The SMILES string of the molecule is NC1C2CCC(C2)C1C(=O)NCCCS(=O)(=O)Cc1ccccc1. The summed E-state index contributed by atoms with van der Waals surface area (Å²) in [6, 6.07) is 9.15. The summed E-state index contributed by atoms with van der Waals surface area (Å²) in [4.78, 5) is 12.3. The van der Waals surface area contributed by atoms with Gasteiger partial charge in [-0.3, -0.25) is 4.79 Å². The van der Waals surface area contributed by atoms with E-state index >= 15 is 0 Å². The standard InChI is InChI=1S/C18H26N2O3S/c19-17-15-8-7-14(11-15)16(17)18(21)20-9-4-10-24(22,23)12-13-5-2-1-3-6-13/h1-3,5-6,14-17H,4,7-12,19H2,(H,20,21). The summed E-state index contributed by atoms with van der Waals surface area (Å²) in [5, 5.41) is 2.89. The van der Waals surface area contributed by atoms with Gasteiger partial charge in [-0.1, -0.05) is 30.3 Å². The third-order valence-corrected chi connectivity index (χ3v) is 7.13. The van der Waals surface area contributed by atoms with Gasteiger partial charge in [0.2, 0.25) is 5.91 Å². The van der Waals surface area contributed by atoms with Crippen LogP contribution in [0.3, 0.4) is 0 Å². The summed E-state index contributed by atoms with van der Waals surface area (Å²) in [6.07, 6.45) is 3.76. The summed E-state index contributed by atoms with van der Waals surface area (Å²) in [5.41, 5.74) is 6.97. The van der Waals surface area contributed by atoms with Crippen LogP contribution in [0.2, 0.25) is 0 Å². The average molecular weight is 350 g/mol. The highest BCUT2D eigenvalue weighted by Crippen LogP contribution is 2.47. The van der Waals surface area contributed by atoms with Gasteiger partial charge in [-0.2, -0.15) is 0 Å². The highest BCUT2D eigenvalue weighted by Gasteiger charge is 2.48. The van der Waals surface area contributed by atoms with Gasteiger partial charge in [0.15, 0.2) is 9.84 Å². The molecule has 1 amide bonds. The van der Waals surface area contributed by atoms with Crippen molar-refractivity contribution in [2.75, 3.05) is 12.3 Å². The molecule has 0 heterocycles. The Balaban J connectivity index is 1.41. The molecule has 6 heteroatoms. The van der Waals surface area contributed by atoms with E-state index < -0.39 is 9.84 Å². The lowest BCUT2D eigenvalue weighted by molar-refractivity contribution is -0.127. The van der Waals surface area contributed by atoms with E-state index in [0.29, 0.717) is 24.8 Å². The van der Waals surface area contributed by atoms with Gasteiger partial charge in [-0.25, -0.2) is 8.42 Å². The molecule has 1 aromatic rings. The van der Waals surface area contributed by atoms with Crippen LogP contribution in [-0.2, 0) is 20.4 Å². The second-order valence-electron chi connectivity index (χ2n) is 7.16. The fraction of sp³-hybridized carbons (Fsp3) is 0.611. The van der Waals surface area contributed by atoms with Crippen molar-refractivity contribution in [3.05, 3.63) is 35.9 Å². The van der Waals surface area contributed by atoms with Crippen molar-refractivity contribution >= 4 is 15.7 Å². The van der Waals surface area contributed by atoms with Crippen molar-refractivity contribution < 1.29 is 13.2 Å². The lowest BCUT2D eigenvalue weighted by Crippen LogP contribution is -2.45. The van der Waals surface area contributed by atoms with Crippen molar-refractivity contribution in [2.45, 2.75) is 37.5 Å². The molecule has 2 bridgehead atoms. The second-order valence-corrected chi connectivity index (χ2v) is 9.34. The quantitative estimate of drug-likeness (QED) is 0.729. The lowest BCUT2D eigenvalue weighted by atomic mass is 9.84. The van der Waals surface area contributed by atoms with Gasteiger partial charge >= 0.3 is 0 Å². The molecule has 4 atom stereocenters. The van der Waals surface area contributed by atoms with Gasteiger partial charge in [-0.05, 0) is 43.1 Å². The van der Waals surface area contributed by atoms with E-state index in [1.54, 1.807) is 0 Å². The molecule has 0 aromatic heterocycles. The predicted octanol–water partition coefficient (Wildman–Crippen LogP) is 1.48. The molecule has 0 saturated heterocycles. The second kappa shape index (κ2) is 7.23. The largest absolute Gasteiger partial charge is 0.356 e. The molecule has 2 aliphatic carbocycles. The van der Waals surface area contributed by atoms with Crippen LogP contribution in [-0.4, -0.2) is 32.7 Å². The number of nitrogens with two attached hydrogens (primary N) is 1. The average Bonchev–Trinajstić information content (AvgIpc) is 3.13. The maximum Gasteiger partial charge on any atom is 0.224 e. The number of carbonyl (C=O) groups excluding carboxylic acids is 1. The van der Waals surface area contributed by atoms with Gasteiger partial charge in [0, 0.05) is 12.6 Å². The van der Waals surface area contributed by atoms with E-state index in [9.17, 15) is 13.2 Å². The van der Waals surface area contributed by atoms with Crippen molar-refractivity contribution in [1.82, 2.24) is 5.32 Å². The monoisotopic (exact) mass is 350 g/mol. The molecule has 4 unspecified atom stereocenters. The van der Waals surface area contributed by atoms with Gasteiger partial charge in [0.1, 0.15) is 0 Å². The fourth-order valence-electron chi connectivity index (χ4n) is 4.25. The summed E-state index contributed by atoms with van der Waals surface area (Å²) in [6.45, 7) is 0.396. The highest BCUT2D eigenvalue weighted by atomic mass is 32.2. The molecule has 1 aromatic carbocycles. The Morgan fingerprint density at radius 2 is 1.88 bits per heavy atom. The summed E-state index contributed by atoms with van der Waals surface area (Å²) in [7, 11) is -3.15. The maximum atomic E-state index is 12.3. The number of hydrogen-bond donors (Lipinski definition) is 2. The van der Waals surface area contributed by atoms with E-state index in [-0.39, 0.29) is 29.4 Å². The van der Waals surface area contributed by atoms with Crippen LogP contribution in [0.5, 0.6) is 0 Å². The van der Waals surface area contributed by atoms with Gasteiger partial charge in [0.25, 0.3) is 0 Å². The molecule has 5 nitrogen and oxygen atoms in total. The van der Waals surface area contributed by atoms with Gasteiger partial charge < -0.3 is 11.1 Å². The van der Waals surface area contributed by atoms with Crippen molar-refractivity contribution in [3.63, 3.8) is 0 Å². The predicted molar refractivity (Wildman–Crippen MR) is 93.9 cm³/mol. The van der Waals surface area contributed by atoms with Crippen LogP contribution < -0.4 is 11.1 Å². The minimum Gasteiger partial charge on any atom is -0.356 e. The van der Waals surface area contributed by atoms with Crippen LogP contribution in [0.15, 0.2) is 30.3 Å². The molecular weight excluding hydrogens is 324 g/mol. The minimum absolute atomic E-state index is 0.00940. The normalized spacial score (nSPS) is 28.9. The van der Waals surface area contributed by atoms with Gasteiger partial charge in [0.05, 0.1) is 17.4 Å². The Morgan fingerprint density at radius 1 is 1.17 bits per heavy atom. The maximum absolute atomic E-state index is 12.3. The van der Waals surface area contributed by atoms with E-state index in [0.717, 1.165) is 24.8 Å². The van der Waals surface area contributed by atoms with E-state index in [1.807, 2.05) is 30.3 Å². The Bertz CT molecular complexity index is 673. The molecule has 0 aliphatic heterocycles. The van der Waals surface area contributed by atoms with E-state index in [2.05, 4.69) is 5.32 Å². The molecule has 24 heavy (non-hydrogen) atoms. The first-order valence-electron chi connectivity index (χ1n) is 8.74. The number of benzene rings is 1. The topological polar surface area (TPSA) is 89.3 Å². The number of hydrogen-bond acceptors (Lipinski definition) is 4. The third kappa shape index (κ3) is 3.98. The molecule has 3 N–H and O–H groups in total. The van der Waals surface area contributed by atoms with E-state index in [1.165, 1.54) is 0 Å². The first-order valence-corrected chi connectivity index (χ1v) is 10.6. The highest BCUT2D eigenvalue weighted by molar-refractivity contribution is 7.90. The first kappa shape index (κ1) is 17.4. The molecule has 2 aliphatic rings. The Hall–Kier alpha value is -1.40. The number of nitrogens with one attached hydrogen (secondary N) is 1. The molecule has 132 valence electrons. The molecular formula is C18H26N2O3S. The lowest BCUT2D eigenvalue weighted by Gasteiger charge is -2.27. The summed E-state index contributed by atoms with van der Waals surface area (Å²) < 4.78 is 24.2. The van der Waals surface area contributed by atoms with Crippen LogP contribution in [0.25, 0.3) is 0 Å². The first-order chi connectivity index (χ1) is 11.5. The fourth-order valence-corrected chi connectivity index (χ4v) is 5.68. The van der Waals surface area contributed by atoms with Crippen LogP contribution in [0.4, 0.5) is 0 Å².